The molecule has 8 aromatic rings. The van der Waals surface area contributed by atoms with E-state index in [1.54, 1.807) is 0 Å². The molecular formula is C104H128O8. The maximum absolute atomic E-state index is 13.3. The second-order valence-corrected chi connectivity index (χ2v) is 37.6. The third kappa shape index (κ3) is 17.0. The van der Waals surface area contributed by atoms with E-state index >= 15 is 0 Å². The summed E-state index contributed by atoms with van der Waals surface area (Å²) in [5, 5.41) is 106. The molecule has 9 aliphatic carbocycles. The van der Waals surface area contributed by atoms with E-state index in [9.17, 15) is 40.9 Å². The number of phenols is 8. The highest BCUT2D eigenvalue weighted by molar-refractivity contribution is 5.62. The summed E-state index contributed by atoms with van der Waals surface area (Å²) in [5.74, 6) is 4.13. The van der Waals surface area contributed by atoms with E-state index in [0.717, 1.165) is 294 Å². The first-order chi connectivity index (χ1) is 54.7. The minimum Gasteiger partial charge on any atom is -0.507 e. The second-order valence-electron chi connectivity index (χ2n) is 37.6. The number of benzene rings is 8. The molecule has 0 atom stereocenters. The van der Waals surface area contributed by atoms with Gasteiger partial charge in [0.2, 0.25) is 0 Å². The summed E-state index contributed by atoms with van der Waals surface area (Å²) in [7, 11) is 0. The molecule has 112 heavy (non-hydrogen) atoms. The van der Waals surface area contributed by atoms with Crippen LogP contribution in [-0.2, 0) is 51.4 Å². The van der Waals surface area contributed by atoms with Gasteiger partial charge in [-0.2, -0.15) is 0 Å². The monoisotopic (exact) mass is 1500 g/mol. The van der Waals surface area contributed by atoms with E-state index in [0.29, 0.717) is 98.7 Å². The minimum atomic E-state index is 0.204. The highest BCUT2D eigenvalue weighted by atomic mass is 16.3. The Morgan fingerprint density at radius 1 is 0.125 bits per heavy atom. The van der Waals surface area contributed by atoms with Gasteiger partial charge in [-0.05, 0) is 284 Å². The predicted octanol–water partition coefficient (Wildman–Crippen LogP) is 26.8. The standard InChI is InChI=1S/C104H128O8/c105-97-81-41-73(65-25-9-1-10-26-65)42-82(97)58-84-44-75(67-29-13-3-14-30-67)46-86(99(84)107)60-88-48-77(69-33-17-5-18-34-69)50-90(101(88)109)62-92-52-79(71-37-21-7-22-38-71)54-94(103(92)111)64-96-56-80(72-39-23-8-24-40-72)55-95(104(96)112)63-93-53-78(70-35-19-6-20-36-70)51-91(102(93)110)61-89-49-76(68-31-15-4-16-32-68)47-87(100(89)108)59-85-45-74(43-83(57-81)98(85)106)66-27-11-2-12-28-66/h41-56,65-72,105-112H,1-40,57-64H2. The molecule has 0 saturated heterocycles. The summed E-state index contributed by atoms with van der Waals surface area (Å²) in [6, 6.07) is 35.9. The third-order valence-electron chi connectivity index (χ3n) is 30.0. The van der Waals surface area contributed by atoms with Crippen LogP contribution < -0.4 is 0 Å². The van der Waals surface area contributed by atoms with Crippen LogP contribution in [-0.4, -0.2) is 40.9 Å². The van der Waals surface area contributed by atoms with Crippen molar-refractivity contribution in [1.29, 1.82) is 0 Å². The third-order valence-corrected chi connectivity index (χ3v) is 30.0. The van der Waals surface area contributed by atoms with Gasteiger partial charge < -0.3 is 40.9 Å². The SMILES string of the molecule is Oc1c2cc(C3CCCCC3)cc1Cc1cc(C3CCCCC3)cc(c1O)Cc1cc(C3CCCCC3)cc(c1O)Cc1cc(C3CCCCC3)cc(c1O)Cc1cc(C3CCCCC3)cc(c1O)Cc1cc(C3CCCCC3)cc(c1O)Cc1cc(C3CCCCC3)cc(c1O)Cc1cc(C3CCCCC3)cc(c1O)C2. The summed E-state index contributed by atoms with van der Waals surface area (Å²) < 4.78 is 0. The lowest BCUT2D eigenvalue weighted by atomic mass is 9.79. The molecule has 8 saturated carbocycles. The van der Waals surface area contributed by atoms with Crippen LogP contribution in [0.2, 0.25) is 0 Å². The molecule has 0 radical (unpaired) electrons. The maximum Gasteiger partial charge on any atom is 0.122 e. The Bertz CT molecular complexity index is 3590. The average molecular weight is 1510 g/mol. The first kappa shape index (κ1) is 76.8. The molecule has 9 aliphatic rings. The molecule has 0 aliphatic heterocycles. The molecule has 0 amide bonds. The van der Waals surface area contributed by atoms with Crippen molar-refractivity contribution in [2.75, 3.05) is 0 Å². The Morgan fingerprint density at radius 2 is 0.205 bits per heavy atom. The van der Waals surface area contributed by atoms with Gasteiger partial charge in [0.25, 0.3) is 0 Å². The summed E-state index contributed by atoms with van der Waals surface area (Å²) >= 11 is 0. The highest BCUT2D eigenvalue weighted by Gasteiger charge is 2.33. The van der Waals surface area contributed by atoms with Crippen LogP contribution in [0.25, 0.3) is 0 Å². The van der Waals surface area contributed by atoms with Crippen molar-refractivity contribution in [1.82, 2.24) is 0 Å². The summed E-state index contributed by atoms with van der Waals surface area (Å²) in [6.45, 7) is 0. The quantitative estimate of drug-likeness (QED) is 0.0746. The van der Waals surface area contributed by atoms with Crippen molar-refractivity contribution < 1.29 is 40.9 Å². The van der Waals surface area contributed by atoms with Gasteiger partial charge in [0, 0.05) is 51.4 Å². The lowest BCUT2D eigenvalue weighted by Gasteiger charge is -2.27. The van der Waals surface area contributed by atoms with Crippen LogP contribution in [0, 0.1) is 0 Å². The van der Waals surface area contributed by atoms with Crippen LogP contribution in [0.15, 0.2) is 97.1 Å². The van der Waals surface area contributed by atoms with Gasteiger partial charge in [-0.25, -0.2) is 0 Å². The van der Waals surface area contributed by atoms with Crippen molar-refractivity contribution in [2.45, 2.75) is 356 Å². The molecule has 0 spiro atoms. The van der Waals surface area contributed by atoms with E-state index in [4.69, 9.17) is 0 Å². The highest BCUT2D eigenvalue weighted by Crippen LogP contribution is 2.51. The minimum absolute atomic E-state index is 0.204. The topological polar surface area (TPSA) is 162 Å². The molecule has 8 aromatic carbocycles. The van der Waals surface area contributed by atoms with E-state index in [2.05, 4.69) is 97.1 Å². The van der Waals surface area contributed by atoms with Crippen LogP contribution in [0.4, 0.5) is 0 Å². The molecule has 8 heteroatoms. The van der Waals surface area contributed by atoms with Gasteiger partial charge in [-0.15, -0.1) is 0 Å². The molecule has 8 fully saturated rings. The van der Waals surface area contributed by atoms with Crippen molar-refractivity contribution in [3.63, 3.8) is 0 Å². The zero-order chi connectivity index (χ0) is 76.3. The van der Waals surface area contributed by atoms with E-state index < -0.39 is 0 Å². The fourth-order valence-corrected chi connectivity index (χ4v) is 23.5. The van der Waals surface area contributed by atoms with Gasteiger partial charge in [0.15, 0.2) is 0 Å². The number of hydrogen-bond acceptors (Lipinski definition) is 8. The zero-order valence-corrected chi connectivity index (χ0v) is 67.4. The summed E-state index contributed by atoms with van der Waals surface area (Å²) in [4.78, 5) is 0. The molecule has 17 rings (SSSR count). The molecule has 592 valence electrons. The van der Waals surface area contributed by atoms with E-state index in [-0.39, 0.29) is 46.0 Å². The molecule has 16 bridgehead atoms. The molecule has 0 aromatic heterocycles. The Labute approximate surface area is 669 Å². The molecule has 0 unspecified atom stereocenters. The second kappa shape index (κ2) is 34.7. The van der Waals surface area contributed by atoms with Crippen LogP contribution >= 0.6 is 0 Å². The number of fused-ring (bicyclic) bond motifs is 16. The van der Waals surface area contributed by atoms with Crippen LogP contribution in [0.3, 0.4) is 0 Å². The number of aromatic hydroxyl groups is 8. The summed E-state index contributed by atoms with van der Waals surface area (Å²) in [5.41, 5.74) is 22.1. The summed E-state index contributed by atoms with van der Waals surface area (Å²) in [6.07, 6.45) is 47.6. The lowest BCUT2D eigenvalue weighted by molar-refractivity contribution is 0.434. The van der Waals surface area contributed by atoms with Crippen molar-refractivity contribution >= 4 is 0 Å². The van der Waals surface area contributed by atoms with Crippen molar-refractivity contribution in [3.05, 3.63) is 231 Å². The lowest BCUT2D eigenvalue weighted by Crippen LogP contribution is -2.10. The van der Waals surface area contributed by atoms with E-state index in [1.807, 2.05) is 0 Å². The van der Waals surface area contributed by atoms with Crippen molar-refractivity contribution in [3.8, 4) is 46.0 Å². The molecule has 0 heterocycles. The normalized spacial score (nSPS) is 20.6. The molecular weight excluding hydrogens is 1380 g/mol. The van der Waals surface area contributed by atoms with Gasteiger partial charge in [-0.1, -0.05) is 251 Å². The number of hydrogen-bond donors (Lipinski definition) is 8. The van der Waals surface area contributed by atoms with Gasteiger partial charge >= 0.3 is 0 Å². The fraction of sp³-hybridized carbons (Fsp3) is 0.538. The smallest absolute Gasteiger partial charge is 0.122 e. The maximum atomic E-state index is 13.3. The Hall–Kier alpha value is -7.84. The zero-order valence-electron chi connectivity index (χ0n) is 67.4. The predicted molar refractivity (Wildman–Crippen MR) is 454 cm³/mol. The number of phenolic OH excluding ortho intramolecular Hbond substituents is 8. The van der Waals surface area contributed by atoms with Gasteiger partial charge in [0.05, 0.1) is 0 Å². The van der Waals surface area contributed by atoms with Crippen LogP contribution in [0.5, 0.6) is 46.0 Å². The van der Waals surface area contributed by atoms with E-state index in [1.165, 1.54) is 95.9 Å². The van der Waals surface area contributed by atoms with Crippen LogP contribution in [0.1, 0.15) is 438 Å². The largest absolute Gasteiger partial charge is 0.507 e. The Balaban J connectivity index is 0.869. The average Bonchev–Trinajstić information content (AvgIpc) is 0.780. The van der Waals surface area contributed by atoms with Gasteiger partial charge in [-0.3, -0.25) is 0 Å². The van der Waals surface area contributed by atoms with Crippen molar-refractivity contribution in [2.24, 2.45) is 0 Å². The molecule has 8 nitrogen and oxygen atoms in total. The fourth-order valence-electron chi connectivity index (χ4n) is 23.5. The Kier molecular flexibility index (Phi) is 23.8. The van der Waals surface area contributed by atoms with Gasteiger partial charge in [0.1, 0.15) is 46.0 Å². The Morgan fingerprint density at radius 3 is 0.286 bits per heavy atom. The first-order valence-corrected chi connectivity index (χ1v) is 45.5. The number of rotatable bonds is 8. The molecule has 8 N–H and O–H groups in total. The first-order valence-electron chi connectivity index (χ1n) is 45.5.